The van der Waals surface area contributed by atoms with Crippen LogP contribution in [0.15, 0.2) is 30.6 Å². The highest BCUT2D eigenvalue weighted by Crippen LogP contribution is 2.29. The molecule has 3 aromatic rings. The normalized spacial score (nSPS) is 11.2. The molecular formula is C18H25N7O. The molecule has 0 spiro atoms. The second-order valence-corrected chi connectivity index (χ2v) is 6.51. The average molecular weight is 355 g/mol. The first kappa shape index (κ1) is 17.9. The van der Waals surface area contributed by atoms with Crippen molar-refractivity contribution in [2.24, 2.45) is 0 Å². The van der Waals surface area contributed by atoms with Crippen LogP contribution in [-0.4, -0.2) is 51.9 Å². The molecule has 0 aliphatic carbocycles. The zero-order chi connectivity index (χ0) is 18.7. The predicted molar refractivity (Wildman–Crippen MR) is 105 cm³/mol. The minimum absolute atomic E-state index is 0.0266. The summed E-state index contributed by atoms with van der Waals surface area (Å²) in [5.41, 5.74) is 3.49. The number of aromatic nitrogens is 4. The Balaban J connectivity index is 2.04. The molecule has 3 N–H and O–H groups in total. The van der Waals surface area contributed by atoms with Crippen molar-refractivity contribution in [2.45, 2.75) is 19.9 Å². The molecule has 8 heteroatoms. The predicted octanol–water partition coefficient (Wildman–Crippen LogP) is 2.62. The Morgan fingerprint density at radius 2 is 2.04 bits per heavy atom. The Morgan fingerprint density at radius 1 is 1.23 bits per heavy atom. The van der Waals surface area contributed by atoms with E-state index in [0.717, 1.165) is 17.0 Å². The van der Waals surface area contributed by atoms with E-state index >= 15 is 0 Å². The number of nitrogens with one attached hydrogen (secondary N) is 2. The topological polar surface area (TPSA) is 91.1 Å². The number of imidazole rings is 1. The van der Waals surface area contributed by atoms with Gasteiger partial charge in [0.1, 0.15) is 6.33 Å². The third-order valence-corrected chi connectivity index (χ3v) is 4.02. The highest BCUT2D eigenvalue weighted by Gasteiger charge is 2.18. The lowest BCUT2D eigenvalue weighted by Gasteiger charge is -2.16. The molecule has 0 saturated heterocycles. The van der Waals surface area contributed by atoms with Crippen LogP contribution < -0.4 is 15.5 Å². The van der Waals surface area contributed by atoms with Crippen molar-refractivity contribution in [3.8, 4) is 0 Å². The zero-order valence-electron chi connectivity index (χ0n) is 15.6. The maximum atomic E-state index is 9.07. The summed E-state index contributed by atoms with van der Waals surface area (Å²) in [7, 11) is 4.02. The van der Waals surface area contributed by atoms with E-state index < -0.39 is 0 Å². The third-order valence-electron chi connectivity index (χ3n) is 4.02. The standard InChI is InChI=1S/C18H25N7O/c1-12(2)25-17-15(16(19-8-9-26)20-11-21-17)23-18(25)22-13-6-5-7-14(10-13)24(3)4/h5-7,10-12,26H,8-9H2,1-4H3,(H,22,23)(H,19,20,21). The van der Waals surface area contributed by atoms with Crippen LogP contribution in [0.3, 0.4) is 0 Å². The first-order valence-corrected chi connectivity index (χ1v) is 8.63. The van der Waals surface area contributed by atoms with Crippen LogP contribution in [0.4, 0.5) is 23.1 Å². The number of rotatable bonds is 7. The minimum Gasteiger partial charge on any atom is -0.395 e. The molecule has 0 amide bonds. The van der Waals surface area contributed by atoms with E-state index in [1.807, 2.05) is 30.8 Å². The zero-order valence-corrected chi connectivity index (χ0v) is 15.6. The maximum Gasteiger partial charge on any atom is 0.210 e. The number of hydrogen-bond acceptors (Lipinski definition) is 7. The molecule has 1 aromatic carbocycles. The van der Waals surface area contributed by atoms with Gasteiger partial charge in [0.25, 0.3) is 0 Å². The average Bonchev–Trinajstić information content (AvgIpc) is 2.98. The van der Waals surface area contributed by atoms with Crippen LogP contribution in [0.25, 0.3) is 11.2 Å². The number of hydrogen-bond donors (Lipinski definition) is 3. The van der Waals surface area contributed by atoms with Crippen LogP contribution in [0, 0.1) is 0 Å². The molecule has 0 unspecified atom stereocenters. The van der Waals surface area contributed by atoms with E-state index in [4.69, 9.17) is 10.1 Å². The lowest BCUT2D eigenvalue weighted by molar-refractivity contribution is 0.311. The summed E-state index contributed by atoms with van der Waals surface area (Å²) < 4.78 is 2.05. The van der Waals surface area contributed by atoms with Crippen molar-refractivity contribution in [1.82, 2.24) is 19.5 Å². The fourth-order valence-corrected chi connectivity index (χ4v) is 2.78. The quantitative estimate of drug-likeness (QED) is 0.600. The Kier molecular flexibility index (Phi) is 5.22. The lowest BCUT2D eigenvalue weighted by atomic mass is 10.2. The number of anilines is 4. The molecule has 3 rings (SSSR count). The molecule has 2 aromatic heterocycles. The van der Waals surface area contributed by atoms with Crippen LogP contribution in [0.2, 0.25) is 0 Å². The van der Waals surface area contributed by atoms with Crippen LogP contribution in [0.5, 0.6) is 0 Å². The van der Waals surface area contributed by atoms with Gasteiger partial charge in [-0.1, -0.05) is 6.07 Å². The third kappa shape index (κ3) is 3.55. The molecule has 26 heavy (non-hydrogen) atoms. The van der Waals surface area contributed by atoms with Crippen LogP contribution in [0.1, 0.15) is 19.9 Å². The van der Waals surface area contributed by atoms with Gasteiger partial charge in [-0.3, -0.25) is 4.57 Å². The molecular weight excluding hydrogens is 330 g/mol. The van der Waals surface area contributed by atoms with Crippen molar-refractivity contribution >= 4 is 34.3 Å². The van der Waals surface area contributed by atoms with Crippen molar-refractivity contribution < 1.29 is 5.11 Å². The summed E-state index contributed by atoms with van der Waals surface area (Å²) in [4.78, 5) is 15.5. The maximum absolute atomic E-state index is 9.07. The van der Waals surface area contributed by atoms with Gasteiger partial charge in [0, 0.05) is 38.1 Å². The van der Waals surface area contributed by atoms with Gasteiger partial charge in [0.2, 0.25) is 5.95 Å². The minimum atomic E-state index is 0.0266. The second kappa shape index (κ2) is 7.57. The van der Waals surface area contributed by atoms with Gasteiger partial charge in [-0.05, 0) is 32.0 Å². The molecule has 0 bridgehead atoms. The summed E-state index contributed by atoms with van der Waals surface area (Å²) in [6.07, 6.45) is 1.51. The highest BCUT2D eigenvalue weighted by molar-refractivity contribution is 5.86. The van der Waals surface area contributed by atoms with Crippen LogP contribution in [-0.2, 0) is 0 Å². The van der Waals surface area contributed by atoms with Gasteiger partial charge in [-0.25, -0.2) is 15.0 Å². The summed E-state index contributed by atoms with van der Waals surface area (Å²) in [5, 5.41) is 15.6. The Bertz CT molecular complexity index is 888. The van der Waals surface area contributed by atoms with Gasteiger partial charge >= 0.3 is 0 Å². The van der Waals surface area contributed by atoms with Crippen molar-refractivity contribution in [3.05, 3.63) is 30.6 Å². The molecule has 0 fully saturated rings. The molecule has 0 saturated carbocycles. The summed E-state index contributed by atoms with van der Waals surface area (Å²) in [6.45, 7) is 4.62. The first-order valence-electron chi connectivity index (χ1n) is 8.63. The molecule has 138 valence electrons. The lowest BCUT2D eigenvalue weighted by Crippen LogP contribution is -2.10. The second-order valence-electron chi connectivity index (χ2n) is 6.51. The van der Waals surface area contributed by atoms with E-state index in [-0.39, 0.29) is 12.6 Å². The number of aliphatic hydroxyl groups is 1. The smallest absolute Gasteiger partial charge is 0.210 e. The highest BCUT2D eigenvalue weighted by atomic mass is 16.3. The van der Waals surface area contributed by atoms with Crippen molar-refractivity contribution in [2.75, 3.05) is 42.8 Å². The Hall–Kier alpha value is -2.87. The number of benzene rings is 1. The van der Waals surface area contributed by atoms with E-state index in [1.54, 1.807) is 0 Å². The molecule has 0 aliphatic heterocycles. The first-order chi connectivity index (χ1) is 12.5. The summed E-state index contributed by atoms with van der Waals surface area (Å²) in [5.74, 6) is 1.33. The fraction of sp³-hybridized carbons (Fsp3) is 0.389. The van der Waals surface area contributed by atoms with E-state index in [1.165, 1.54) is 6.33 Å². The monoisotopic (exact) mass is 355 g/mol. The van der Waals surface area contributed by atoms with Gasteiger partial charge in [-0.15, -0.1) is 0 Å². The van der Waals surface area contributed by atoms with E-state index in [2.05, 4.69) is 51.5 Å². The van der Waals surface area contributed by atoms with Gasteiger partial charge in [0.05, 0.1) is 6.61 Å². The summed E-state index contributed by atoms with van der Waals surface area (Å²) >= 11 is 0. The molecule has 8 nitrogen and oxygen atoms in total. The number of nitrogens with zero attached hydrogens (tertiary/aromatic N) is 5. The Morgan fingerprint density at radius 3 is 2.73 bits per heavy atom. The van der Waals surface area contributed by atoms with Crippen molar-refractivity contribution in [3.63, 3.8) is 0 Å². The van der Waals surface area contributed by atoms with Crippen LogP contribution >= 0.6 is 0 Å². The molecule has 2 heterocycles. The number of fused-ring (bicyclic) bond motifs is 1. The SMILES string of the molecule is CC(C)n1c(Nc2cccc(N(C)C)c2)nc2c(NCCO)ncnc21. The molecule has 0 aliphatic rings. The largest absolute Gasteiger partial charge is 0.395 e. The molecule has 0 atom stereocenters. The van der Waals surface area contributed by atoms with E-state index in [0.29, 0.717) is 23.8 Å². The van der Waals surface area contributed by atoms with Gasteiger partial charge < -0.3 is 20.6 Å². The summed E-state index contributed by atoms with van der Waals surface area (Å²) in [6, 6.07) is 8.31. The number of aliphatic hydroxyl groups excluding tert-OH is 1. The fourth-order valence-electron chi connectivity index (χ4n) is 2.78. The van der Waals surface area contributed by atoms with E-state index in [9.17, 15) is 0 Å². The van der Waals surface area contributed by atoms with Crippen molar-refractivity contribution in [1.29, 1.82) is 0 Å². The molecule has 0 radical (unpaired) electrons. The Labute approximate surface area is 152 Å². The van der Waals surface area contributed by atoms with Gasteiger partial charge in [-0.2, -0.15) is 0 Å². The van der Waals surface area contributed by atoms with Gasteiger partial charge in [0.15, 0.2) is 17.0 Å².